The zero-order valence-corrected chi connectivity index (χ0v) is 9.52. The van der Waals surface area contributed by atoms with Gasteiger partial charge in [-0.15, -0.1) is 0 Å². The lowest BCUT2D eigenvalue weighted by Crippen LogP contribution is -2.36. The quantitative estimate of drug-likeness (QED) is 0.459. The number of non-ortho nitro benzene ring substituents is 1. The largest absolute Gasteiger partial charge is 0.297 e. The first-order valence-corrected chi connectivity index (χ1v) is 5.50. The Morgan fingerprint density at radius 1 is 1.21 bits per heavy atom. The molecule has 0 bridgehead atoms. The standard InChI is InChI=1S/C11H8N4O4/c16-10-8-5-12-13-9(8)11(17)14(10)6-1-3-7(4-2-6)15(18)19/h1-5,8-9,13H/t8-,9-/m0/s1. The summed E-state index contributed by atoms with van der Waals surface area (Å²) in [7, 11) is 0. The number of fused-ring (bicyclic) bond motifs is 1. The molecule has 2 atom stereocenters. The Morgan fingerprint density at radius 3 is 2.47 bits per heavy atom. The highest BCUT2D eigenvalue weighted by Crippen LogP contribution is 2.29. The van der Waals surface area contributed by atoms with Crippen molar-refractivity contribution in [2.75, 3.05) is 4.90 Å². The third kappa shape index (κ3) is 1.57. The van der Waals surface area contributed by atoms with Gasteiger partial charge in [0.15, 0.2) is 0 Å². The SMILES string of the molecule is O=C1[C@H]2C=NN[C@@H]2C(=O)N1c1ccc([N+](=O)[O-])cc1. The molecule has 2 heterocycles. The van der Waals surface area contributed by atoms with E-state index >= 15 is 0 Å². The molecule has 2 amide bonds. The Kier molecular flexibility index (Phi) is 2.31. The molecule has 0 aliphatic carbocycles. The number of amides is 2. The molecule has 1 fully saturated rings. The van der Waals surface area contributed by atoms with Crippen molar-refractivity contribution in [3.05, 3.63) is 34.4 Å². The van der Waals surface area contributed by atoms with Gasteiger partial charge in [0, 0.05) is 18.3 Å². The van der Waals surface area contributed by atoms with Crippen LogP contribution < -0.4 is 10.3 Å². The molecule has 19 heavy (non-hydrogen) atoms. The Hall–Kier alpha value is -2.77. The number of hydrogen-bond donors (Lipinski definition) is 1. The lowest BCUT2D eigenvalue weighted by Gasteiger charge is -2.14. The third-order valence-corrected chi connectivity index (χ3v) is 3.12. The van der Waals surface area contributed by atoms with Gasteiger partial charge in [0.25, 0.3) is 11.6 Å². The van der Waals surface area contributed by atoms with Crippen LogP contribution in [0.2, 0.25) is 0 Å². The maximum absolute atomic E-state index is 12.1. The molecule has 1 N–H and O–H groups in total. The molecule has 96 valence electrons. The second kappa shape index (κ2) is 3.87. The molecule has 8 heteroatoms. The fraction of sp³-hybridized carbons (Fsp3) is 0.182. The predicted molar refractivity (Wildman–Crippen MR) is 64.5 cm³/mol. The van der Waals surface area contributed by atoms with Gasteiger partial charge < -0.3 is 0 Å². The predicted octanol–water partition coefficient (Wildman–Crippen LogP) is 0.0418. The zero-order chi connectivity index (χ0) is 13.6. The maximum atomic E-state index is 12.1. The van der Waals surface area contributed by atoms with Crippen molar-refractivity contribution in [3.8, 4) is 0 Å². The third-order valence-electron chi connectivity index (χ3n) is 3.12. The molecule has 2 aliphatic heterocycles. The van der Waals surface area contributed by atoms with Crippen molar-refractivity contribution in [2.24, 2.45) is 11.0 Å². The molecule has 0 saturated carbocycles. The second-order valence-electron chi connectivity index (χ2n) is 4.20. The summed E-state index contributed by atoms with van der Waals surface area (Å²) in [6, 6.07) is 4.61. The average molecular weight is 260 g/mol. The van der Waals surface area contributed by atoms with Gasteiger partial charge in [-0.1, -0.05) is 0 Å². The summed E-state index contributed by atoms with van der Waals surface area (Å²) in [5, 5.41) is 14.3. The van der Waals surface area contributed by atoms with Crippen LogP contribution in [0, 0.1) is 16.0 Å². The zero-order valence-electron chi connectivity index (χ0n) is 9.52. The molecular weight excluding hydrogens is 252 g/mol. The van der Waals surface area contributed by atoms with Gasteiger partial charge in [0.2, 0.25) is 5.91 Å². The minimum Gasteiger partial charge on any atom is -0.297 e. The number of imide groups is 1. The van der Waals surface area contributed by atoms with Crippen molar-refractivity contribution >= 4 is 29.4 Å². The molecule has 0 aromatic heterocycles. The van der Waals surface area contributed by atoms with Crippen molar-refractivity contribution in [2.45, 2.75) is 6.04 Å². The number of nitrogens with zero attached hydrogens (tertiary/aromatic N) is 3. The Bertz CT molecular complexity index is 610. The van der Waals surface area contributed by atoms with Crippen LogP contribution in [-0.4, -0.2) is 29.0 Å². The molecule has 0 spiro atoms. The Balaban J connectivity index is 1.94. The van der Waals surface area contributed by atoms with Gasteiger partial charge in [-0.25, -0.2) is 4.90 Å². The van der Waals surface area contributed by atoms with Crippen LogP contribution in [0.1, 0.15) is 0 Å². The smallest absolute Gasteiger partial charge is 0.269 e. The van der Waals surface area contributed by atoms with Gasteiger partial charge in [-0.3, -0.25) is 25.1 Å². The summed E-state index contributed by atoms with van der Waals surface area (Å²) < 4.78 is 0. The lowest BCUT2D eigenvalue weighted by atomic mass is 10.1. The summed E-state index contributed by atoms with van der Waals surface area (Å²) >= 11 is 0. The molecule has 0 unspecified atom stereocenters. The number of hydrogen-bond acceptors (Lipinski definition) is 6. The van der Waals surface area contributed by atoms with Crippen LogP contribution in [0.5, 0.6) is 0 Å². The van der Waals surface area contributed by atoms with E-state index in [4.69, 9.17) is 0 Å². The number of nitrogens with one attached hydrogen (secondary N) is 1. The first-order valence-electron chi connectivity index (χ1n) is 5.50. The fourth-order valence-corrected chi connectivity index (χ4v) is 2.16. The van der Waals surface area contributed by atoms with Gasteiger partial charge >= 0.3 is 0 Å². The van der Waals surface area contributed by atoms with Crippen molar-refractivity contribution in [3.63, 3.8) is 0 Å². The normalized spacial score (nSPS) is 24.5. The van der Waals surface area contributed by atoms with Crippen LogP contribution in [0.4, 0.5) is 11.4 Å². The molecule has 0 radical (unpaired) electrons. The van der Waals surface area contributed by atoms with Crippen LogP contribution in [-0.2, 0) is 9.59 Å². The van der Waals surface area contributed by atoms with Crippen LogP contribution >= 0.6 is 0 Å². The molecule has 3 rings (SSSR count). The number of hydrazone groups is 1. The number of carbonyl (C=O) groups excluding carboxylic acids is 2. The summed E-state index contributed by atoms with van der Waals surface area (Å²) in [5.74, 6) is -1.37. The van der Waals surface area contributed by atoms with Gasteiger partial charge in [0.1, 0.15) is 12.0 Å². The fourth-order valence-electron chi connectivity index (χ4n) is 2.16. The van der Waals surface area contributed by atoms with E-state index in [2.05, 4.69) is 10.5 Å². The van der Waals surface area contributed by atoms with E-state index in [1.165, 1.54) is 30.5 Å². The highest BCUT2D eigenvalue weighted by Gasteiger charge is 2.49. The van der Waals surface area contributed by atoms with E-state index in [9.17, 15) is 19.7 Å². The van der Waals surface area contributed by atoms with Gasteiger partial charge in [-0.05, 0) is 12.1 Å². The monoisotopic (exact) mass is 260 g/mol. The lowest BCUT2D eigenvalue weighted by molar-refractivity contribution is -0.384. The first kappa shape index (κ1) is 11.3. The average Bonchev–Trinajstić information content (AvgIpc) is 2.95. The summed E-state index contributed by atoms with van der Waals surface area (Å²) in [5.41, 5.74) is 2.81. The first-order chi connectivity index (χ1) is 9.09. The van der Waals surface area contributed by atoms with E-state index in [1.807, 2.05) is 0 Å². The van der Waals surface area contributed by atoms with Crippen LogP contribution in [0.3, 0.4) is 0 Å². The van der Waals surface area contributed by atoms with E-state index in [-0.39, 0.29) is 11.6 Å². The highest BCUT2D eigenvalue weighted by atomic mass is 16.6. The second-order valence-corrected chi connectivity index (χ2v) is 4.20. The number of rotatable bonds is 2. The van der Waals surface area contributed by atoms with E-state index in [0.717, 1.165) is 4.90 Å². The molecule has 1 aromatic rings. The van der Waals surface area contributed by atoms with E-state index in [0.29, 0.717) is 5.69 Å². The molecule has 1 aromatic carbocycles. The van der Waals surface area contributed by atoms with E-state index in [1.54, 1.807) is 0 Å². The Labute approximate surface area is 106 Å². The minimum atomic E-state index is -0.664. The van der Waals surface area contributed by atoms with E-state index < -0.39 is 22.8 Å². The van der Waals surface area contributed by atoms with Crippen LogP contribution in [0.25, 0.3) is 0 Å². The molecular formula is C11H8N4O4. The van der Waals surface area contributed by atoms with Crippen molar-refractivity contribution in [1.82, 2.24) is 5.43 Å². The van der Waals surface area contributed by atoms with Crippen molar-refractivity contribution < 1.29 is 14.5 Å². The number of benzene rings is 1. The Morgan fingerprint density at radius 2 is 1.89 bits per heavy atom. The molecule has 1 saturated heterocycles. The minimum absolute atomic E-state index is 0.0947. The van der Waals surface area contributed by atoms with Gasteiger partial charge in [-0.2, -0.15) is 5.10 Å². The number of carbonyl (C=O) groups is 2. The number of nitro groups is 1. The molecule has 2 aliphatic rings. The van der Waals surface area contributed by atoms with Gasteiger partial charge in [0.05, 0.1) is 10.6 Å². The number of nitro benzene ring substituents is 1. The summed E-state index contributed by atoms with van der Waals surface area (Å²) in [4.78, 5) is 35.1. The van der Waals surface area contributed by atoms with Crippen LogP contribution in [0.15, 0.2) is 29.4 Å². The summed E-state index contributed by atoms with van der Waals surface area (Å²) in [6.45, 7) is 0. The maximum Gasteiger partial charge on any atom is 0.269 e. The van der Waals surface area contributed by atoms with Crippen molar-refractivity contribution in [1.29, 1.82) is 0 Å². The number of anilines is 1. The molecule has 8 nitrogen and oxygen atoms in total. The summed E-state index contributed by atoms with van der Waals surface area (Å²) in [6.07, 6.45) is 1.40. The highest BCUT2D eigenvalue weighted by molar-refractivity contribution is 6.28. The topological polar surface area (TPSA) is 105 Å².